The number of nitrogens with one attached hydrogen (secondary N) is 1. The highest BCUT2D eigenvalue weighted by Crippen LogP contribution is 2.29. The average Bonchev–Trinajstić information content (AvgIpc) is 3.27. The monoisotopic (exact) mass is 397 g/mol. The molecule has 0 bridgehead atoms. The van der Waals surface area contributed by atoms with E-state index in [1.54, 1.807) is 18.2 Å². The lowest BCUT2D eigenvalue weighted by Crippen LogP contribution is -2.02. The van der Waals surface area contributed by atoms with Gasteiger partial charge in [-0.05, 0) is 56.2 Å². The molecule has 2 aromatic carbocycles. The number of allylic oxidation sites excluding steroid dienone is 1. The van der Waals surface area contributed by atoms with E-state index in [2.05, 4.69) is 16.0 Å². The van der Waals surface area contributed by atoms with Crippen LogP contribution in [0.2, 0.25) is 0 Å². The van der Waals surface area contributed by atoms with Gasteiger partial charge in [-0.15, -0.1) is 0 Å². The normalized spacial score (nSPS) is 11.6. The lowest BCUT2D eigenvalue weighted by atomic mass is 10.1. The molecule has 30 heavy (non-hydrogen) atoms. The Balaban J connectivity index is 1.83. The molecule has 0 radical (unpaired) electrons. The number of nitriles is 1. The van der Waals surface area contributed by atoms with E-state index in [4.69, 9.17) is 0 Å². The molecule has 0 aliphatic carbocycles. The van der Waals surface area contributed by atoms with Crippen molar-refractivity contribution in [2.45, 2.75) is 20.8 Å². The molecule has 2 heterocycles. The summed E-state index contributed by atoms with van der Waals surface area (Å²) in [7, 11) is 0. The van der Waals surface area contributed by atoms with Gasteiger partial charge in [0.25, 0.3) is 5.69 Å². The van der Waals surface area contributed by atoms with Gasteiger partial charge >= 0.3 is 0 Å². The Bertz CT molecular complexity index is 1340. The number of fused-ring (bicyclic) bond motifs is 1. The third-order valence-electron chi connectivity index (χ3n) is 5.18. The summed E-state index contributed by atoms with van der Waals surface area (Å²) in [6, 6.07) is 16.6. The Kier molecular flexibility index (Phi) is 4.68. The molecule has 0 atom stereocenters. The van der Waals surface area contributed by atoms with Crippen LogP contribution in [0, 0.1) is 42.2 Å². The van der Waals surface area contributed by atoms with Crippen molar-refractivity contribution >= 4 is 28.4 Å². The smallest absolute Gasteiger partial charge is 0.271 e. The molecule has 7 heteroatoms. The first-order chi connectivity index (χ1) is 14.4. The molecule has 0 fully saturated rings. The van der Waals surface area contributed by atoms with Gasteiger partial charge < -0.3 is 9.55 Å². The van der Waals surface area contributed by atoms with Gasteiger partial charge in [0.05, 0.1) is 27.2 Å². The van der Waals surface area contributed by atoms with Crippen LogP contribution in [-0.2, 0) is 0 Å². The first-order valence-corrected chi connectivity index (χ1v) is 9.40. The summed E-state index contributed by atoms with van der Waals surface area (Å²) in [5, 5.41) is 21.0. The second kappa shape index (κ2) is 7.33. The topological polar surface area (TPSA) is 101 Å². The first-order valence-electron chi connectivity index (χ1n) is 9.40. The Morgan fingerprint density at radius 2 is 1.97 bits per heavy atom. The van der Waals surface area contributed by atoms with Gasteiger partial charge in [-0.25, -0.2) is 4.98 Å². The van der Waals surface area contributed by atoms with Crippen molar-refractivity contribution in [3.05, 3.63) is 87.0 Å². The fourth-order valence-electron chi connectivity index (χ4n) is 3.65. The van der Waals surface area contributed by atoms with Gasteiger partial charge in [-0.3, -0.25) is 10.1 Å². The van der Waals surface area contributed by atoms with Gasteiger partial charge in [0.15, 0.2) is 0 Å². The lowest BCUT2D eigenvalue weighted by molar-refractivity contribution is -0.384. The molecule has 7 nitrogen and oxygen atoms in total. The summed E-state index contributed by atoms with van der Waals surface area (Å²) >= 11 is 0. The molecular weight excluding hydrogens is 378 g/mol. The number of aryl methyl sites for hydroxylation is 2. The largest absolute Gasteiger partial charge is 0.337 e. The minimum atomic E-state index is -0.396. The Morgan fingerprint density at radius 1 is 1.20 bits per heavy atom. The van der Waals surface area contributed by atoms with Crippen molar-refractivity contribution in [1.29, 1.82) is 5.26 Å². The number of hydrogen-bond acceptors (Lipinski definition) is 4. The summed E-state index contributed by atoms with van der Waals surface area (Å²) in [5.74, 6) is 0.509. The maximum atomic E-state index is 11.2. The number of nitro benzene ring substituents is 1. The number of nitro groups is 1. The second-order valence-electron chi connectivity index (χ2n) is 7.16. The van der Waals surface area contributed by atoms with E-state index in [0.717, 1.165) is 39.2 Å². The number of aromatic amines is 1. The van der Waals surface area contributed by atoms with E-state index in [0.29, 0.717) is 11.4 Å². The molecule has 0 unspecified atom stereocenters. The van der Waals surface area contributed by atoms with Gasteiger partial charge in [-0.1, -0.05) is 18.2 Å². The standard InChI is InChI=1S/C23H19N5O2/c1-14-8-9-19(28(29)30)12-22(14)27-15(2)10-17(16(27)3)11-18(13-24)23-25-20-6-4-5-7-21(20)26-23/h4-12H,1-3H3,(H,25,26). The predicted octanol–water partition coefficient (Wildman–Crippen LogP) is 5.25. The third-order valence-corrected chi connectivity index (χ3v) is 5.18. The van der Waals surface area contributed by atoms with E-state index in [1.165, 1.54) is 6.07 Å². The predicted molar refractivity (Wildman–Crippen MR) is 116 cm³/mol. The molecule has 0 saturated heterocycles. The van der Waals surface area contributed by atoms with Crippen LogP contribution in [0.25, 0.3) is 28.4 Å². The highest BCUT2D eigenvalue weighted by molar-refractivity contribution is 5.90. The number of imidazole rings is 1. The van der Waals surface area contributed by atoms with Crippen molar-refractivity contribution in [3.8, 4) is 11.8 Å². The maximum Gasteiger partial charge on any atom is 0.271 e. The second-order valence-corrected chi connectivity index (χ2v) is 7.16. The van der Waals surface area contributed by atoms with E-state index < -0.39 is 4.92 Å². The number of nitrogens with zero attached hydrogens (tertiary/aromatic N) is 4. The zero-order valence-corrected chi connectivity index (χ0v) is 16.8. The summed E-state index contributed by atoms with van der Waals surface area (Å²) < 4.78 is 1.97. The maximum absolute atomic E-state index is 11.2. The number of hydrogen-bond donors (Lipinski definition) is 1. The Labute approximate surface area is 173 Å². The molecule has 148 valence electrons. The quantitative estimate of drug-likeness (QED) is 0.289. The zero-order chi connectivity index (χ0) is 21.4. The van der Waals surface area contributed by atoms with Crippen LogP contribution >= 0.6 is 0 Å². The lowest BCUT2D eigenvalue weighted by Gasteiger charge is -2.12. The van der Waals surface area contributed by atoms with Gasteiger partial charge in [-0.2, -0.15) is 5.26 Å². The Hall–Kier alpha value is -4.18. The highest BCUT2D eigenvalue weighted by atomic mass is 16.6. The molecule has 2 aromatic heterocycles. The molecule has 0 aliphatic heterocycles. The number of aromatic nitrogens is 3. The van der Waals surface area contributed by atoms with Crippen molar-refractivity contribution in [3.63, 3.8) is 0 Å². The van der Waals surface area contributed by atoms with Crippen molar-refractivity contribution < 1.29 is 4.92 Å². The Morgan fingerprint density at radius 3 is 2.67 bits per heavy atom. The van der Waals surface area contributed by atoms with Crippen LogP contribution in [0.3, 0.4) is 0 Å². The van der Waals surface area contributed by atoms with Crippen LogP contribution in [0.5, 0.6) is 0 Å². The SMILES string of the molecule is Cc1ccc([N+](=O)[O-])cc1-n1c(C)cc(C=C(C#N)c2nc3ccccc3[nH]2)c1C. The molecule has 4 rings (SSSR count). The minimum absolute atomic E-state index is 0.0418. The summed E-state index contributed by atoms with van der Waals surface area (Å²) in [5.41, 5.74) is 6.47. The van der Waals surface area contributed by atoms with Gasteiger partial charge in [0, 0.05) is 23.5 Å². The van der Waals surface area contributed by atoms with Gasteiger partial charge in [0.2, 0.25) is 0 Å². The van der Waals surface area contributed by atoms with Gasteiger partial charge in [0.1, 0.15) is 11.9 Å². The highest BCUT2D eigenvalue weighted by Gasteiger charge is 2.16. The number of benzene rings is 2. The molecule has 1 N–H and O–H groups in total. The van der Waals surface area contributed by atoms with Crippen molar-refractivity contribution in [1.82, 2.24) is 14.5 Å². The fraction of sp³-hybridized carbons (Fsp3) is 0.130. The number of rotatable bonds is 4. The molecule has 0 amide bonds. The number of para-hydroxylation sites is 2. The molecular formula is C23H19N5O2. The van der Waals surface area contributed by atoms with Crippen LogP contribution in [0.15, 0.2) is 48.5 Å². The first kappa shape index (κ1) is 19.2. The number of H-pyrrole nitrogens is 1. The summed E-state index contributed by atoms with van der Waals surface area (Å²) in [4.78, 5) is 18.5. The summed E-state index contributed by atoms with van der Waals surface area (Å²) in [6.45, 7) is 5.79. The zero-order valence-electron chi connectivity index (χ0n) is 16.8. The summed E-state index contributed by atoms with van der Waals surface area (Å²) in [6.07, 6.45) is 1.79. The molecule has 0 spiro atoms. The van der Waals surface area contributed by atoms with Crippen molar-refractivity contribution in [2.24, 2.45) is 0 Å². The average molecular weight is 397 g/mol. The fourth-order valence-corrected chi connectivity index (χ4v) is 3.65. The van der Waals surface area contributed by atoms with Crippen LogP contribution in [0.4, 0.5) is 5.69 Å². The van der Waals surface area contributed by atoms with Crippen molar-refractivity contribution in [2.75, 3.05) is 0 Å². The van der Waals surface area contributed by atoms with E-state index in [9.17, 15) is 15.4 Å². The van der Waals surface area contributed by atoms with Crippen LogP contribution < -0.4 is 0 Å². The number of non-ortho nitro benzene ring substituents is 1. The minimum Gasteiger partial charge on any atom is -0.337 e. The molecule has 0 aliphatic rings. The molecule has 4 aromatic rings. The third kappa shape index (κ3) is 3.25. The van der Waals surface area contributed by atoms with E-state index in [-0.39, 0.29) is 5.69 Å². The van der Waals surface area contributed by atoms with E-state index in [1.807, 2.05) is 55.7 Å². The van der Waals surface area contributed by atoms with E-state index >= 15 is 0 Å². The van der Waals surface area contributed by atoms with Crippen LogP contribution in [0.1, 0.15) is 28.3 Å². The molecule has 0 saturated carbocycles. The van der Waals surface area contributed by atoms with Crippen LogP contribution in [-0.4, -0.2) is 19.5 Å².